The number of methoxy groups -OCH3 is 1. The van der Waals surface area contributed by atoms with Gasteiger partial charge in [-0.1, -0.05) is 6.92 Å². The average Bonchev–Trinajstić information content (AvgIpc) is 2.15. The van der Waals surface area contributed by atoms with Crippen LogP contribution < -0.4 is 5.32 Å². The number of nitrogens with zero attached hydrogens (tertiary/aromatic N) is 1. The standard InChI is InChI=1S/C10H20N2O/c1-5-10(6-7-11)12-8(2)9(3)13-4/h8-10,12H,5-6H2,1-4H3. The van der Waals surface area contributed by atoms with E-state index in [9.17, 15) is 0 Å². The molecule has 0 spiro atoms. The zero-order valence-electron chi connectivity index (χ0n) is 9.00. The van der Waals surface area contributed by atoms with Crippen molar-refractivity contribution >= 4 is 0 Å². The maximum Gasteiger partial charge on any atom is 0.0693 e. The molecule has 0 aliphatic rings. The molecule has 3 unspecified atom stereocenters. The third kappa shape index (κ3) is 4.87. The number of rotatable bonds is 6. The number of ether oxygens (including phenoxy) is 1. The number of nitriles is 1. The topological polar surface area (TPSA) is 45.0 Å². The molecule has 0 rings (SSSR count). The van der Waals surface area contributed by atoms with Gasteiger partial charge in [0.2, 0.25) is 0 Å². The normalized spacial score (nSPS) is 17.5. The Labute approximate surface area is 81.1 Å². The van der Waals surface area contributed by atoms with Gasteiger partial charge in [0.25, 0.3) is 0 Å². The van der Waals surface area contributed by atoms with E-state index in [0.717, 1.165) is 6.42 Å². The van der Waals surface area contributed by atoms with Crippen molar-refractivity contribution in [3.63, 3.8) is 0 Å². The maximum atomic E-state index is 8.56. The van der Waals surface area contributed by atoms with Gasteiger partial charge >= 0.3 is 0 Å². The third-order valence-corrected chi connectivity index (χ3v) is 2.40. The Morgan fingerprint density at radius 2 is 2.08 bits per heavy atom. The molecule has 0 aliphatic heterocycles. The van der Waals surface area contributed by atoms with Gasteiger partial charge in [-0.2, -0.15) is 5.26 Å². The zero-order valence-corrected chi connectivity index (χ0v) is 9.00. The van der Waals surface area contributed by atoms with Crippen LogP contribution in [0.25, 0.3) is 0 Å². The molecule has 0 amide bonds. The zero-order chi connectivity index (χ0) is 10.3. The van der Waals surface area contributed by atoms with E-state index >= 15 is 0 Å². The van der Waals surface area contributed by atoms with E-state index in [1.807, 2.05) is 6.92 Å². The lowest BCUT2D eigenvalue weighted by molar-refractivity contribution is 0.0843. The molecule has 0 saturated heterocycles. The molecule has 0 saturated carbocycles. The quantitative estimate of drug-likeness (QED) is 0.683. The lowest BCUT2D eigenvalue weighted by atomic mass is 10.1. The molecular weight excluding hydrogens is 164 g/mol. The second-order valence-electron chi connectivity index (χ2n) is 3.36. The first kappa shape index (κ1) is 12.4. The van der Waals surface area contributed by atoms with Gasteiger partial charge < -0.3 is 10.1 Å². The SMILES string of the molecule is CCC(CC#N)NC(C)C(C)OC. The van der Waals surface area contributed by atoms with Crippen LogP contribution in [0.3, 0.4) is 0 Å². The molecule has 0 aromatic heterocycles. The molecule has 3 heteroatoms. The van der Waals surface area contributed by atoms with Gasteiger partial charge in [0, 0.05) is 19.2 Å². The van der Waals surface area contributed by atoms with E-state index in [1.165, 1.54) is 0 Å². The van der Waals surface area contributed by atoms with Gasteiger partial charge in [-0.15, -0.1) is 0 Å². The summed E-state index contributed by atoms with van der Waals surface area (Å²) in [6, 6.07) is 2.76. The van der Waals surface area contributed by atoms with Crippen molar-refractivity contribution in [2.45, 2.75) is 51.8 Å². The van der Waals surface area contributed by atoms with Crippen LogP contribution in [0.2, 0.25) is 0 Å². The van der Waals surface area contributed by atoms with Crippen molar-refractivity contribution in [3.8, 4) is 6.07 Å². The average molecular weight is 184 g/mol. The predicted molar refractivity (Wildman–Crippen MR) is 53.4 cm³/mol. The van der Waals surface area contributed by atoms with Gasteiger partial charge in [-0.05, 0) is 20.3 Å². The maximum absolute atomic E-state index is 8.56. The number of hydrogen-bond acceptors (Lipinski definition) is 3. The molecule has 1 N–H and O–H groups in total. The van der Waals surface area contributed by atoms with Crippen molar-refractivity contribution in [1.82, 2.24) is 5.32 Å². The minimum absolute atomic E-state index is 0.188. The molecule has 0 aromatic rings. The molecule has 0 bridgehead atoms. The summed E-state index contributed by atoms with van der Waals surface area (Å²) in [6.07, 6.45) is 1.73. The number of nitrogens with one attached hydrogen (secondary N) is 1. The Morgan fingerprint density at radius 3 is 2.46 bits per heavy atom. The first-order valence-corrected chi connectivity index (χ1v) is 4.81. The molecule has 0 heterocycles. The van der Waals surface area contributed by atoms with E-state index in [0.29, 0.717) is 12.5 Å². The van der Waals surface area contributed by atoms with Gasteiger partial charge in [0.15, 0.2) is 0 Å². The summed E-state index contributed by atoms with van der Waals surface area (Å²) >= 11 is 0. The van der Waals surface area contributed by atoms with Crippen LogP contribution >= 0.6 is 0 Å². The molecular formula is C10H20N2O. The van der Waals surface area contributed by atoms with E-state index < -0.39 is 0 Å². The molecule has 3 atom stereocenters. The summed E-state index contributed by atoms with van der Waals surface area (Å²) in [5.74, 6) is 0. The van der Waals surface area contributed by atoms with Crippen molar-refractivity contribution in [3.05, 3.63) is 0 Å². The second-order valence-corrected chi connectivity index (χ2v) is 3.36. The smallest absolute Gasteiger partial charge is 0.0693 e. The lowest BCUT2D eigenvalue weighted by Crippen LogP contribution is -2.42. The Kier molecular flexibility index (Phi) is 6.56. The van der Waals surface area contributed by atoms with Crippen molar-refractivity contribution in [2.75, 3.05) is 7.11 Å². The van der Waals surface area contributed by atoms with Gasteiger partial charge in [0.1, 0.15) is 0 Å². The van der Waals surface area contributed by atoms with E-state index in [2.05, 4.69) is 25.2 Å². The van der Waals surface area contributed by atoms with Crippen molar-refractivity contribution in [1.29, 1.82) is 5.26 Å². The summed E-state index contributed by atoms with van der Waals surface area (Å²) in [6.45, 7) is 6.18. The Hall–Kier alpha value is -0.590. The summed E-state index contributed by atoms with van der Waals surface area (Å²) in [5.41, 5.74) is 0. The second kappa shape index (κ2) is 6.88. The van der Waals surface area contributed by atoms with Gasteiger partial charge in [0.05, 0.1) is 18.6 Å². The van der Waals surface area contributed by atoms with Crippen LogP contribution in [0.4, 0.5) is 0 Å². The third-order valence-electron chi connectivity index (χ3n) is 2.40. The highest BCUT2D eigenvalue weighted by Crippen LogP contribution is 2.02. The minimum atomic E-state index is 0.188. The Balaban J connectivity index is 3.86. The molecule has 0 aliphatic carbocycles. The van der Waals surface area contributed by atoms with E-state index in [1.54, 1.807) is 7.11 Å². The Bertz CT molecular complexity index is 165. The monoisotopic (exact) mass is 184 g/mol. The summed E-state index contributed by atoms with van der Waals surface area (Å²) in [5, 5.41) is 11.9. The highest BCUT2D eigenvalue weighted by Gasteiger charge is 2.14. The molecule has 13 heavy (non-hydrogen) atoms. The fraction of sp³-hybridized carbons (Fsp3) is 0.900. The van der Waals surface area contributed by atoms with Gasteiger partial charge in [-0.3, -0.25) is 0 Å². The lowest BCUT2D eigenvalue weighted by Gasteiger charge is -2.24. The van der Waals surface area contributed by atoms with Crippen molar-refractivity contribution < 1.29 is 4.74 Å². The fourth-order valence-corrected chi connectivity index (χ4v) is 1.14. The van der Waals surface area contributed by atoms with Crippen LogP contribution in [0.1, 0.15) is 33.6 Å². The molecule has 76 valence electrons. The largest absolute Gasteiger partial charge is 0.380 e. The molecule has 0 radical (unpaired) electrons. The van der Waals surface area contributed by atoms with Crippen LogP contribution in [-0.4, -0.2) is 25.3 Å². The van der Waals surface area contributed by atoms with Crippen LogP contribution in [0.15, 0.2) is 0 Å². The van der Waals surface area contributed by atoms with Crippen molar-refractivity contribution in [2.24, 2.45) is 0 Å². The van der Waals surface area contributed by atoms with Gasteiger partial charge in [-0.25, -0.2) is 0 Å². The minimum Gasteiger partial charge on any atom is -0.380 e. The predicted octanol–water partition coefficient (Wildman–Crippen LogP) is 1.69. The first-order valence-electron chi connectivity index (χ1n) is 4.81. The van der Waals surface area contributed by atoms with Crippen LogP contribution in [0.5, 0.6) is 0 Å². The van der Waals surface area contributed by atoms with E-state index in [-0.39, 0.29) is 12.1 Å². The Morgan fingerprint density at radius 1 is 1.46 bits per heavy atom. The molecule has 0 aromatic carbocycles. The van der Waals surface area contributed by atoms with Crippen LogP contribution in [0, 0.1) is 11.3 Å². The van der Waals surface area contributed by atoms with Crippen LogP contribution in [-0.2, 0) is 4.74 Å². The molecule has 3 nitrogen and oxygen atoms in total. The highest BCUT2D eigenvalue weighted by molar-refractivity contribution is 4.82. The summed E-state index contributed by atoms with van der Waals surface area (Å²) in [4.78, 5) is 0. The highest BCUT2D eigenvalue weighted by atomic mass is 16.5. The summed E-state index contributed by atoms with van der Waals surface area (Å²) in [7, 11) is 1.70. The first-order chi connectivity index (χ1) is 6.15. The number of hydrogen-bond donors (Lipinski definition) is 1. The van der Waals surface area contributed by atoms with E-state index in [4.69, 9.17) is 10.00 Å². The fourth-order valence-electron chi connectivity index (χ4n) is 1.14. The summed E-state index contributed by atoms with van der Waals surface area (Å²) < 4.78 is 5.19. The molecule has 0 fully saturated rings.